The highest BCUT2D eigenvalue weighted by Gasteiger charge is 2.25. The van der Waals surface area contributed by atoms with Crippen LogP contribution in [0.25, 0.3) is 5.78 Å². The predicted molar refractivity (Wildman–Crippen MR) is 81.7 cm³/mol. The summed E-state index contributed by atoms with van der Waals surface area (Å²) in [7, 11) is 0. The number of aryl methyl sites for hydroxylation is 1. The molecule has 0 fully saturated rings. The van der Waals surface area contributed by atoms with E-state index in [4.69, 9.17) is 0 Å². The monoisotopic (exact) mass is 317 g/mol. The maximum Gasteiger partial charge on any atom is 0.291 e. The van der Waals surface area contributed by atoms with E-state index in [1.165, 1.54) is 15.9 Å². The largest absolute Gasteiger partial charge is 0.384 e. The SMILES string of the molecule is Cc1ccnc2nc(C(=O)NCC(C)(O)c3ccsc3)nn12. The number of carbonyl (C=O) groups excluding carboxylic acids is 1. The number of fused-ring (bicyclic) bond motifs is 1. The van der Waals surface area contributed by atoms with Crippen LogP contribution in [0.5, 0.6) is 0 Å². The van der Waals surface area contributed by atoms with E-state index < -0.39 is 11.5 Å². The number of nitrogens with zero attached hydrogens (tertiary/aromatic N) is 4. The Morgan fingerprint density at radius 3 is 3.00 bits per heavy atom. The molecular weight excluding hydrogens is 302 g/mol. The molecule has 1 amide bonds. The summed E-state index contributed by atoms with van der Waals surface area (Å²) in [6, 6.07) is 3.61. The first-order valence-electron chi connectivity index (χ1n) is 6.69. The molecule has 0 saturated carbocycles. The smallest absolute Gasteiger partial charge is 0.291 e. The van der Waals surface area contributed by atoms with Crippen LogP contribution in [0.2, 0.25) is 0 Å². The second kappa shape index (κ2) is 5.47. The molecule has 0 spiro atoms. The van der Waals surface area contributed by atoms with Gasteiger partial charge in [0.1, 0.15) is 5.60 Å². The molecule has 0 bridgehead atoms. The Labute approximate surface area is 130 Å². The van der Waals surface area contributed by atoms with Crippen LogP contribution in [0.1, 0.15) is 28.8 Å². The average molecular weight is 317 g/mol. The van der Waals surface area contributed by atoms with Crippen LogP contribution < -0.4 is 5.32 Å². The number of thiophene rings is 1. The van der Waals surface area contributed by atoms with Gasteiger partial charge in [0.2, 0.25) is 5.82 Å². The van der Waals surface area contributed by atoms with E-state index >= 15 is 0 Å². The van der Waals surface area contributed by atoms with Crippen molar-refractivity contribution in [1.82, 2.24) is 24.9 Å². The number of nitrogens with one attached hydrogen (secondary N) is 1. The third kappa shape index (κ3) is 2.70. The van der Waals surface area contributed by atoms with E-state index in [0.717, 1.165) is 11.3 Å². The van der Waals surface area contributed by atoms with Gasteiger partial charge < -0.3 is 10.4 Å². The quantitative estimate of drug-likeness (QED) is 0.752. The van der Waals surface area contributed by atoms with Gasteiger partial charge in [0.05, 0.1) is 6.54 Å². The standard InChI is InChI=1S/C14H15N5O2S/c1-9-3-5-15-13-17-11(18-19(9)13)12(20)16-8-14(2,21)10-4-6-22-7-10/h3-7,21H,8H2,1-2H3,(H,16,20). The highest BCUT2D eigenvalue weighted by atomic mass is 32.1. The molecule has 7 nitrogen and oxygen atoms in total. The summed E-state index contributed by atoms with van der Waals surface area (Å²) < 4.78 is 1.51. The maximum absolute atomic E-state index is 12.2. The minimum absolute atomic E-state index is 0.0305. The third-order valence-electron chi connectivity index (χ3n) is 3.37. The summed E-state index contributed by atoms with van der Waals surface area (Å²) in [5.74, 6) is -0.0435. The minimum atomic E-state index is -1.14. The molecule has 0 radical (unpaired) electrons. The van der Waals surface area contributed by atoms with E-state index in [1.54, 1.807) is 19.2 Å². The Morgan fingerprint density at radius 1 is 1.50 bits per heavy atom. The fourth-order valence-electron chi connectivity index (χ4n) is 2.01. The summed E-state index contributed by atoms with van der Waals surface area (Å²) >= 11 is 1.49. The van der Waals surface area contributed by atoms with Crippen molar-refractivity contribution in [2.45, 2.75) is 19.4 Å². The first-order chi connectivity index (χ1) is 10.5. The molecule has 2 N–H and O–H groups in total. The van der Waals surface area contributed by atoms with Gasteiger partial charge in [0.25, 0.3) is 11.7 Å². The average Bonchev–Trinajstić information content (AvgIpc) is 3.14. The molecule has 0 saturated heterocycles. The highest BCUT2D eigenvalue weighted by molar-refractivity contribution is 7.08. The van der Waals surface area contributed by atoms with E-state index in [1.807, 2.05) is 23.8 Å². The minimum Gasteiger partial charge on any atom is -0.384 e. The van der Waals surface area contributed by atoms with Crippen molar-refractivity contribution < 1.29 is 9.90 Å². The van der Waals surface area contributed by atoms with Gasteiger partial charge in [0.15, 0.2) is 0 Å². The fourth-order valence-corrected chi connectivity index (χ4v) is 2.79. The molecule has 3 aromatic rings. The molecule has 1 unspecified atom stereocenters. The molecule has 114 valence electrons. The van der Waals surface area contributed by atoms with Crippen LogP contribution in [-0.2, 0) is 5.60 Å². The fraction of sp³-hybridized carbons (Fsp3) is 0.286. The lowest BCUT2D eigenvalue weighted by Gasteiger charge is -2.22. The molecule has 0 aliphatic carbocycles. The lowest BCUT2D eigenvalue weighted by atomic mass is 9.99. The van der Waals surface area contributed by atoms with Gasteiger partial charge >= 0.3 is 0 Å². The zero-order valence-electron chi connectivity index (χ0n) is 12.1. The molecule has 8 heteroatoms. The van der Waals surface area contributed by atoms with Crippen molar-refractivity contribution in [3.63, 3.8) is 0 Å². The Kier molecular flexibility index (Phi) is 3.63. The van der Waals surface area contributed by atoms with Crippen LogP contribution in [0.3, 0.4) is 0 Å². The Bertz CT molecular complexity index is 810. The molecule has 0 aliphatic heterocycles. The summed E-state index contributed by atoms with van der Waals surface area (Å²) in [6.45, 7) is 3.58. The van der Waals surface area contributed by atoms with Crippen LogP contribution in [-0.4, -0.2) is 37.1 Å². The van der Waals surface area contributed by atoms with Gasteiger partial charge in [-0.2, -0.15) is 16.3 Å². The molecule has 0 aromatic carbocycles. The molecule has 22 heavy (non-hydrogen) atoms. The van der Waals surface area contributed by atoms with Crippen molar-refractivity contribution >= 4 is 23.0 Å². The normalized spacial score (nSPS) is 14.0. The van der Waals surface area contributed by atoms with Crippen molar-refractivity contribution in [3.05, 3.63) is 46.2 Å². The van der Waals surface area contributed by atoms with Crippen LogP contribution >= 0.6 is 11.3 Å². The second-order valence-electron chi connectivity index (χ2n) is 5.20. The maximum atomic E-state index is 12.2. The number of carbonyl (C=O) groups is 1. The Balaban J connectivity index is 1.75. The Hall–Kier alpha value is -2.32. The lowest BCUT2D eigenvalue weighted by Crippen LogP contribution is -2.38. The van der Waals surface area contributed by atoms with Crippen molar-refractivity contribution in [2.24, 2.45) is 0 Å². The zero-order valence-corrected chi connectivity index (χ0v) is 13.0. The van der Waals surface area contributed by atoms with E-state index in [2.05, 4.69) is 20.4 Å². The number of aromatic nitrogens is 4. The summed E-state index contributed by atoms with van der Waals surface area (Å²) in [6.07, 6.45) is 1.61. The number of amides is 1. The van der Waals surface area contributed by atoms with Crippen molar-refractivity contribution in [1.29, 1.82) is 0 Å². The van der Waals surface area contributed by atoms with Gasteiger partial charge in [-0.1, -0.05) is 0 Å². The summed E-state index contributed by atoms with van der Waals surface area (Å²) in [4.78, 5) is 20.3. The van der Waals surface area contributed by atoms with Gasteiger partial charge in [-0.05, 0) is 42.3 Å². The van der Waals surface area contributed by atoms with Gasteiger partial charge in [-0.3, -0.25) is 4.79 Å². The van der Waals surface area contributed by atoms with Crippen molar-refractivity contribution in [3.8, 4) is 0 Å². The second-order valence-corrected chi connectivity index (χ2v) is 5.98. The lowest BCUT2D eigenvalue weighted by molar-refractivity contribution is 0.0527. The molecule has 0 aliphatic rings. The molecular formula is C14H15N5O2S. The summed E-state index contributed by atoms with van der Waals surface area (Å²) in [5, 5.41) is 20.9. The number of aliphatic hydroxyl groups is 1. The van der Waals surface area contributed by atoms with E-state index in [0.29, 0.717) is 5.78 Å². The Morgan fingerprint density at radius 2 is 2.32 bits per heavy atom. The van der Waals surface area contributed by atoms with Gasteiger partial charge in [-0.25, -0.2) is 9.50 Å². The zero-order chi connectivity index (χ0) is 15.7. The molecule has 3 rings (SSSR count). The molecule has 3 heterocycles. The topological polar surface area (TPSA) is 92.4 Å². The summed E-state index contributed by atoms with van der Waals surface area (Å²) in [5.41, 5.74) is 0.461. The van der Waals surface area contributed by atoms with Crippen LogP contribution in [0.15, 0.2) is 29.1 Å². The first-order valence-corrected chi connectivity index (χ1v) is 7.63. The first kappa shape index (κ1) is 14.6. The number of hydrogen-bond acceptors (Lipinski definition) is 6. The van der Waals surface area contributed by atoms with Crippen molar-refractivity contribution in [2.75, 3.05) is 6.54 Å². The van der Waals surface area contributed by atoms with Gasteiger partial charge in [0, 0.05) is 11.9 Å². The van der Waals surface area contributed by atoms with Crippen LogP contribution in [0, 0.1) is 6.92 Å². The van der Waals surface area contributed by atoms with Crippen LogP contribution in [0.4, 0.5) is 0 Å². The highest BCUT2D eigenvalue weighted by Crippen LogP contribution is 2.22. The third-order valence-corrected chi connectivity index (χ3v) is 4.05. The van der Waals surface area contributed by atoms with Gasteiger partial charge in [-0.15, -0.1) is 5.10 Å². The molecule has 1 atom stereocenters. The molecule has 3 aromatic heterocycles. The van der Waals surface area contributed by atoms with E-state index in [-0.39, 0.29) is 12.4 Å². The number of rotatable bonds is 4. The van der Waals surface area contributed by atoms with E-state index in [9.17, 15) is 9.90 Å². The number of hydrogen-bond donors (Lipinski definition) is 2. The predicted octanol–water partition coefficient (Wildman–Crippen LogP) is 1.13.